The molecule has 15 heavy (non-hydrogen) atoms. The molecule has 0 bridgehead atoms. The molecule has 0 saturated carbocycles. The summed E-state index contributed by atoms with van der Waals surface area (Å²) < 4.78 is 0. The lowest BCUT2D eigenvalue weighted by atomic mass is 10.0. The Morgan fingerprint density at radius 2 is 2.07 bits per heavy atom. The van der Waals surface area contributed by atoms with Gasteiger partial charge in [0.05, 0.1) is 12.5 Å². The Morgan fingerprint density at radius 1 is 1.40 bits per heavy atom. The molecule has 1 rings (SSSR count). The zero-order valence-corrected chi connectivity index (χ0v) is 8.66. The molecule has 1 aromatic carbocycles. The molecule has 3 heteroatoms. The van der Waals surface area contributed by atoms with Crippen LogP contribution in [-0.4, -0.2) is 11.1 Å². The number of nitriles is 1. The molecule has 0 aliphatic rings. The highest BCUT2D eigenvalue weighted by Gasteiger charge is 2.03. The standard InChI is InChI=1S/C12H13NO2/c1-9-5-10(3-2-4-13)7-11(6-9)8-12(14)15/h5-7H,2-3,8H2,1H3,(H,14,15). The SMILES string of the molecule is Cc1cc(CCC#N)cc(CC(=O)O)c1. The van der Waals surface area contributed by atoms with Crippen molar-refractivity contribution in [3.63, 3.8) is 0 Å². The normalized spacial score (nSPS) is 9.60. The van der Waals surface area contributed by atoms with Gasteiger partial charge in [-0.1, -0.05) is 23.8 Å². The van der Waals surface area contributed by atoms with Gasteiger partial charge in [-0.25, -0.2) is 0 Å². The summed E-state index contributed by atoms with van der Waals surface area (Å²) >= 11 is 0. The average molecular weight is 203 g/mol. The highest BCUT2D eigenvalue weighted by molar-refractivity contribution is 5.70. The summed E-state index contributed by atoms with van der Waals surface area (Å²) in [6, 6.07) is 7.79. The molecule has 3 nitrogen and oxygen atoms in total. The van der Waals surface area contributed by atoms with Crippen LogP contribution in [0.3, 0.4) is 0 Å². The molecule has 1 N–H and O–H groups in total. The summed E-state index contributed by atoms with van der Waals surface area (Å²) in [6.45, 7) is 1.93. The minimum absolute atomic E-state index is 0.0429. The highest BCUT2D eigenvalue weighted by atomic mass is 16.4. The van der Waals surface area contributed by atoms with E-state index in [-0.39, 0.29) is 6.42 Å². The lowest BCUT2D eigenvalue weighted by Gasteiger charge is -2.04. The molecule has 0 spiro atoms. The maximum atomic E-state index is 10.6. The molecule has 0 radical (unpaired) electrons. The Labute approximate surface area is 89.0 Å². The van der Waals surface area contributed by atoms with Crippen LogP contribution >= 0.6 is 0 Å². The third kappa shape index (κ3) is 3.82. The molecule has 0 aliphatic heterocycles. The number of aryl methyl sites for hydroxylation is 2. The summed E-state index contributed by atoms with van der Waals surface area (Å²) in [5.41, 5.74) is 2.88. The van der Waals surface area contributed by atoms with Gasteiger partial charge in [0, 0.05) is 6.42 Å². The predicted molar refractivity (Wildman–Crippen MR) is 56.5 cm³/mol. The van der Waals surface area contributed by atoms with Crippen molar-refractivity contribution in [2.75, 3.05) is 0 Å². The van der Waals surface area contributed by atoms with Gasteiger partial charge in [0.25, 0.3) is 0 Å². The van der Waals surface area contributed by atoms with Crippen molar-refractivity contribution in [1.82, 2.24) is 0 Å². The van der Waals surface area contributed by atoms with Gasteiger partial charge < -0.3 is 5.11 Å². The van der Waals surface area contributed by atoms with Crippen LogP contribution in [-0.2, 0) is 17.6 Å². The molecule has 0 aliphatic carbocycles. The molecule has 0 fully saturated rings. The fourth-order valence-corrected chi connectivity index (χ4v) is 1.57. The minimum atomic E-state index is -0.827. The van der Waals surface area contributed by atoms with Crippen molar-refractivity contribution in [2.45, 2.75) is 26.2 Å². The first kappa shape index (κ1) is 11.3. The van der Waals surface area contributed by atoms with E-state index in [1.807, 2.05) is 25.1 Å². The van der Waals surface area contributed by atoms with Gasteiger partial charge in [-0.3, -0.25) is 4.79 Å². The van der Waals surface area contributed by atoms with Gasteiger partial charge in [0.15, 0.2) is 0 Å². The third-order valence-electron chi connectivity index (χ3n) is 2.08. The maximum absolute atomic E-state index is 10.6. The first-order valence-corrected chi connectivity index (χ1v) is 4.80. The van der Waals surface area contributed by atoms with E-state index in [2.05, 4.69) is 6.07 Å². The van der Waals surface area contributed by atoms with Crippen molar-refractivity contribution >= 4 is 5.97 Å². The van der Waals surface area contributed by atoms with E-state index in [0.29, 0.717) is 12.8 Å². The van der Waals surface area contributed by atoms with Crippen molar-refractivity contribution < 1.29 is 9.90 Å². The van der Waals surface area contributed by atoms with E-state index in [1.165, 1.54) is 0 Å². The topological polar surface area (TPSA) is 61.1 Å². The number of benzene rings is 1. The number of carboxylic acid groups (broad SMARTS) is 1. The number of aliphatic carboxylic acids is 1. The van der Waals surface area contributed by atoms with Crippen LogP contribution in [0.4, 0.5) is 0 Å². The van der Waals surface area contributed by atoms with Crippen LogP contribution in [0.1, 0.15) is 23.1 Å². The fourth-order valence-electron chi connectivity index (χ4n) is 1.57. The lowest BCUT2D eigenvalue weighted by molar-refractivity contribution is -0.136. The summed E-state index contributed by atoms with van der Waals surface area (Å²) in [7, 11) is 0. The molecular weight excluding hydrogens is 190 g/mol. The predicted octanol–water partition coefficient (Wildman–Crippen LogP) is 2.08. The molecule has 0 aromatic heterocycles. The highest BCUT2D eigenvalue weighted by Crippen LogP contribution is 2.12. The molecule has 1 aromatic rings. The number of nitrogens with zero attached hydrogens (tertiary/aromatic N) is 1. The summed E-state index contributed by atoms with van der Waals surface area (Å²) in [5, 5.41) is 17.1. The summed E-state index contributed by atoms with van der Waals surface area (Å²) in [4.78, 5) is 10.6. The Morgan fingerprint density at radius 3 is 2.67 bits per heavy atom. The smallest absolute Gasteiger partial charge is 0.307 e. The Hall–Kier alpha value is -1.82. The number of carboxylic acids is 1. The Balaban J connectivity index is 2.85. The van der Waals surface area contributed by atoms with Crippen LogP contribution in [0.5, 0.6) is 0 Å². The number of hydrogen-bond acceptors (Lipinski definition) is 2. The molecule has 0 amide bonds. The van der Waals surface area contributed by atoms with Crippen molar-refractivity contribution in [3.05, 3.63) is 34.9 Å². The second-order valence-electron chi connectivity index (χ2n) is 3.56. The largest absolute Gasteiger partial charge is 0.481 e. The van der Waals surface area contributed by atoms with Gasteiger partial charge in [-0.2, -0.15) is 5.26 Å². The number of rotatable bonds is 4. The van der Waals surface area contributed by atoms with Gasteiger partial charge in [0.2, 0.25) is 0 Å². The van der Waals surface area contributed by atoms with E-state index in [9.17, 15) is 4.79 Å². The van der Waals surface area contributed by atoms with Gasteiger partial charge in [0.1, 0.15) is 0 Å². The first-order chi connectivity index (χ1) is 7.11. The van der Waals surface area contributed by atoms with Crippen molar-refractivity contribution in [1.29, 1.82) is 5.26 Å². The van der Waals surface area contributed by atoms with Crippen LogP contribution < -0.4 is 0 Å². The zero-order chi connectivity index (χ0) is 11.3. The number of hydrogen-bond donors (Lipinski definition) is 1. The number of carbonyl (C=O) groups is 1. The molecule has 0 unspecified atom stereocenters. The van der Waals surface area contributed by atoms with Gasteiger partial charge in [-0.15, -0.1) is 0 Å². The quantitative estimate of drug-likeness (QED) is 0.814. The van der Waals surface area contributed by atoms with E-state index in [4.69, 9.17) is 10.4 Å². The molecule has 0 saturated heterocycles. The second kappa shape index (κ2) is 5.16. The average Bonchev–Trinajstić information content (AvgIpc) is 2.12. The lowest BCUT2D eigenvalue weighted by Crippen LogP contribution is -2.01. The summed E-state index contributed by atoms with van der Waals surface area (Å²) in [5.74, 6) is -0.827. The van der Waals surface area contributed by atoms with Crippen LogP contribution in [0, 0.1) is 18.3 Å². The maximum Gasteiger partial charge on any atom is 0.307 e. The van der Waals surface area contributed by atoms with Crippen LogP contribution in [0.2, 0.25) is 0 Å². The van der Waals surface area contributed by atoms with Crippen LogP contribution in [0.25, 0.3) is 0 Å². The van der Waals surface area contributed by atoms with E-state index < -0.39 is 5.97 Å². The molecule has 78 valence electrons. The van der Waals surface area contributed by atoms with Gasteiger partial charge in [-0.05, 0) is 24.5 Å². The fraction of sp³-hybridized carbons (Fsp3) is 0.333. The molecule has 0 heterocycles. The molecular formula is C12H13NO2. The van der Waals surface area contributed by atoms with E-state index >= 15 is 0 Å². The van der Waals surface area contributed by atoms with Crippen LogP contribution in [0.15, 0.2) is 18.2 Å². The summed E-state index contributed by atoms with van der Waals surface area (Å²) in [6.07, 6.45) is 1.20. The first-order valence-electron chi connectivity index (χ1n) is 4.80. The van der Waals surface area contributed by atoms with Crippen molar-refractivity contribution in [2.24, 2.45) is 0 Å². The Bertz CT molecular complexity index is 405. The zero-order valence-electron chi connectivity index (χ0n) is 8.66. The molecule has 0 atom stereocenters. The second-order valence-corrected chi connectivity index (χ2v) is 3.56. The van der Waals surface area contributed by atoms with E-state index in [0.717, 1.165) is 16.7 Å². The Kier molecular flexibility index (Phi) is 3.87. The third-order valence-corrected chi connectivity index (χ3v) is 2.08. The van der Waals surface area contributed by atoms with Gasteiger partial charge >= 0.3 is 5.97 Å². The van der Waals surface area contributed by atoms with E-state index in [1.54, 1.807) is 0 Å². The monoisotopic (exact) mass is 203 g/mol. The van der Waals surface area contributed by atoms with Crippen molar-refractivity contribution in [3.8, 4) is 6.07 Å². The minimum Gasteiger partial charge on any atom is -0.481 e.